The molecule has 0 bridgehead atoms. The molecule has 3 rings (SSSR count). The Labute approximate surface area is 160 Å². The standard InChI is InChI=1S/C19H18FN3O5/c1-27-18(25)16-8-11(6-7-22-16)14-4-2-12(9-15(14)20)23-10-13(28-19(23)26)3-5-17(21)24/h2,4,6-9,13H,3,5,10H2,1H3,(H2,21,24). The highest BCUT2D eigenvalue weighted by atomic mass is 19.1. The number of pyridine rings is 1. The highest BCUT2D eigenvalue weighted by Crippen LogP contribution is 2.30. The van der Waals surface area contributed by atoms with Crippen LogP contribution in [-0.4, -0.2) is 42.7 Å². The molecule has 0 spiro atoms. The number of esters is 1. The van der Waals surface area contributed by atoms with Gasteiger partial charge in [0, 0.05) is 18.2 Å². The molecule has 1 atom stereocenters. The van der Waals surface area contributed by atoms with Gasteiger partial charge in [0.05, 0.1) is 19.3 Å². The van der Waals surface area contributed by atoms with Crippen LogP contribution in [0, 0.1) is 5.82 Å². The number of cyclic esters (lactones) is 1. The summed E-state index contributed by atoms with van der Waals surface area (Å²) in [4.78, 5) is 39.7. The summed E-state index contributed by atoms with van der Waals surface area (Å²) in [6.45, 7) is 0.201. The monoisotopic (exact) mass is 387 g/mol. The molecule has 1 fully saturated rings. The van der Waals surface area contributed by atoms with Gasteiger partial charge in [0.25, 0.3) is 0 Å². The maximum absolute atomic E-state index is 14.7. The number of aromatic nitrogens is 1. The van der Waals surface area contributed by atoms with Crippen molar-refractivity contribution in [2.45, 2.75) is 18.9 Å². The zero-order valence-corrected chi connectivity index (χ0v) is 15.1. The Balaban J connectivity index is 1.80. The Hall–Kier alpha value is -3.49. The van der Waals surface area contributed by atoms with E-state index in [1.807, 2.05) is 0 Å². The molecule has 9 heteroatoms. The van der Waals surface area contributed by atoms with E-state index < -0.39 is 29.9 Å². The van der Waals surface area contributed by atoms with Crippen molar-refractivity contribution in [2.24, 2.45) is 5.73 Å². The number of hydrogen-bond acceptors (Lipinski definition) is 6. The lowest BCUT2D eigenvalue weighted by molar-refractivity contribution is -0.118. The van der Waals surface area contributed by atoms with E-state index >= 15 is 0 Å². The van der Waals surface area contributed by atoms with Crippen LogP contribution in [0.3, 0.4) is 0 Å². The first-order chi connectivity index (χ1) is 13.4. The van der Waals surface area contributed by atoms with Crippen LogP contribution in [0.25, 0.3) is 11.1 Å². The highest BCUT2D eigenvalue weighted by molar-refractivity contribution is 5.91. The maximum atomic E-state index is 14.7. The van der Waals surface area contributed by atoms with Gasteiger partial charge in [-0.2, -0.15) is 0 Å². The number of amides is 2. The molecule has 2 aromatic rings. The van der Waals surface area contributed by atoms with E-state index in [9.17, 15) is 18.8 Å². The molecule has 28 heavy (non-hydrogen) atoms. The first-order valence-corrected chi connectivity index (χ1v) is 8.49. The van der Waals surface area contributed by atoms with Gasteiger partial charge in [-0.25, -0.2) is 19.0 Å². The van der Waals surface area contributed by atoms with Crippen molar-refractivity contribution in [1.29, 1.82) is 0 Å². The minimum atomic E-state index is -0.624. The summed E-state index contributed by atoms with van der Waals surface area (Å²) in [5, 5.41) is 0. The van der Waals surface area contributed by atoms with Gasteiger partial charge < -0.3 is 15.2 Å². The molecule has 2 amide bonds. The number of carbonyl (C=O) groups is 3. The number of benzene rings is 1. The number of ether oxygens (including phenoxy) is 2. The number of methoxy groups -OCH3 is 1. The minimum absolute atomic E-state index is 0.0592. The molecule has 1 unspecified atom stereocenters. The largest absolute Gasteiger partial charge is 0.464 e. The Bertz CT molecular complexity index is 934. The van der Waals surface area contributed by atoms with E-state index in [0.29, 0.717) is 17.7 Å². The summed E-state index contributed by atoms with van der Waals surface area (Å²) >= 11 is 0. The fourth-order valence-electron chi connectivity index (χ4n) is 2.91. The summed E-state index contributed by atoms with van der Waals surface area (Å²) in [6.07, 6.45) is 0.703. The summed E-state index contributed by atoms with van der Waals surface area (Å²) in [5.41, 5.74) is 6.18. The van der Waals surface area contributed by atoms with Crippen molar-refractivity contribution in [1.82, 2.24) is 4.98 Å². The lowest BCUT2D eigenvalue weighted by Gasteiger charge is -2.14. The molecule has 0 aliphatic carbocycles. The number of nitrogens with zero attached hydrogens (tertiary/aromatic N) is 2. The normalized spacial score (nSPS) is 16.0. The molecule has 1 aromatic carbocycles. The molecule has 0 saturated carbocycles. The van der Waals surface area contributed by atoms with Crippen LogP contribution in [0.2, 0.25) is 0 Å². The predicted octanol–water partition coefficient (Wildman–Crippen LogP) is 2.27. The van der Waals surface area contributed by atoms with E-state index in [0.717, 1.165) is 0 Å². The van der Waals surface area contributed by atoms with Gasteiger partial charge in [0.1, 0.15) is 17.6 Å². The third-order valence-corrected chi connectivity index (χ3v) is 4.32. The molecular weight excluding hydrogens is 369 g/mol. The Morgan fingerprint density at radius 1 is 1.36 bits per heavy atom. The number of hydrogen-bond donors (Lipinski definition) is 1. The van der Waals surface area contributed by atoms with Crippen molar-refractivity contribution >= 4 is 23.7 Å². The number of primary amides is 1. The van der Waals surface area contributed by atoms with Crippen LogP contribution in [0.15, 0.2) is 36.5 Å². The van der Waals surface area contributed by atoms with Gasteiger partial charge in [-0.05, 0) is 42.3 Å². The van der Waals surface area contributed by atoms with Crippen molar-refractivity contribution in [3.8, 4) is 11.1 Å². The third-order valence-electron chi connectivity index (χ3n) is 4.32. The first kappa shape index (κ1) is 19.3. The van der Waals surface area contributed by atoms with E-state index in [4.69, 9.17) is 10.5 Å². The first-order valence-electron chi connectivity index (χ1n) is 8.49. The zero-order valence-electron chi connectivity index (χ0n) is 15.1. The van der Waals surface area contributed by atoms with Crippen molar-refractivity contribution in [2.75, 3.05) is 18.6 Å². The van der Waals surface area contributed by atoms with Gasteiger partial charge in [0.15, 0.2) is 0 Å². The maximum Gasteiger partial charge on any atom is 0.414 e. The van der Waals surface area contributed by atoms with Crippen molar-refractivity contribution in [3.05, 3.63) is 48.0 Å². The van der Waals surface area contributed by atoms with E-state index in [2.05, 4.69) is 9.72 Å². The van der Waals surface area contributed by atoms with Crippen LogP contribution in [0.5, 0.6) is 0 Å². The summed E-state index contributed by atoms with van der Waals surface area (Å²) in [6, 6.07) is 7.28. The average molecular weight is 387 g/mol. The number of anilines is 1. The van der Waals surface area contributed by atoms with Gasteiger partial charge in [-0.15, -0.1) is 0 Å². The molecule has 1 aromatic heterocycles. The second-order valence-corrected chi connectivity index (χ2v) is 6.21. The number of rotatable bonds is 6. The molecule has 2 heterocycles. The van der Waals surface area contributed by atoms with Crippen LogP contribution < -0.4 is 10.6 Å². The molecule has 146 valence electrons. The molecule has 2 N–H and O–H groups in total. The summed E-state index contributed by atoms with van der Waals surface area (Å²) < 4.78 is 24.5. The van der Waals surface area contributed by atoms with E-state index in [1.54, 1.807) is 12.1 Å². The molecule has 1 saturated heterocycles. The van der Waals surface area contributed by atoms with Crippen molar-refractivity contribution < 1.29 is 28.2 Å². The lowest BCUT2D eigenvalue weighted by atomic mass is 10.0. The van der Waals surface area contributed by atoms with Crippen LogP contribution in [-0.2, 0) is 14.3 Å². The molecule has 0 radical (unpaired) electrons. The van der Waals surface area contributed by atoms with Crippen LogP contribution >= 0.6 is 0 Å². The smallest absolute Gasteiger partial charge is 0.414 e. The quantitative estimate of drug-likeness (QED) is 0.761. The second-order valence-electron chi connectivity index (χ2n) is 6.21. The van der Waals surface area contributed by atoms with Gasteiger partial charge >= 0.3 is 12.1 Å². The molecule has 1 aliphatic heterocycles. The lowest BCUT2D eigenvalue weighted by Crippen LogP contribution is -2.25. The highest BCUT2D eigenvalue weighted by Gasteiger charge is 2.32. The zero-order chi connectivity index (χ0) is 20.3. The Morgan fingerprint density at radius 2 is 2.14 bits per heavy atom. The van der Waals surface area contributed by atoms with Crippen LogP contribution in [0.4, 0.5) is 14.9 Å². The van der Waals surface area contributed by atoms with E-state index in [-0.39, 0.29) is 24.2 Å². The van der Waals surface area contributed by atoms with Gasteiger partial charge in [0.2, 0.25) is 5.91 Å². The minimum Gasteiger partial charge on any atom is -0.464 e. The predicted molar refractivity (Wildman–Crippen MR) is 97.0 cm³/mol. The molecular formula is C19H18FN3O5. The number of carbonyl (C=O) groups excluding carboxylic acids is 3. The number of nitrogens with two attached hydrogens (primary N) is 1. The third kappa shape index (κ3) is 4.08. The fourth-order valence-corrected chi connectivity index (χ4v) is 2.91. The van der Waals surface area contributed by atoms with Gasteiger partial charge in [-0.1, -0.05) is 0 Å². The topological polar surface area (TPSA) is 112 Å². The average Bonchev–Trinajstić information content (AvgIpc) is 3.06. The SMILES string of the molecule is COC(=O)c1cc(-c2ccc(N3CC(CCC(N)=O)OC3=O)cc2F)ccn1. The summed E-state index contributed by atoms with van der Waals surface area (Å²) in [5.74, 6) is -1.68. The van der Waals surface area contributed by atoms with Crippen molar-refractivity contribution in [3.63, 3.8) is 0 Å². The second kappa shape index (κ2) is 8.03. The Kier molecular flexibility index (Phi) is 5.53. The Morgan fingerprint density at radius 3 is 2.82 bits per heavy atom. The van der Waals surface area contributed by atoms with Gasteiger partial charge in [-0.3, -0.25) is 9.69 Å². The molecule has 8 nitrogen and oxygen atoms in total. The summed E-state index contributed by atoms with van der Waals surface area (Å²) in [7, 11) is 1.23. The fraction of sp³-hybridized carbons (Fsp3) is 0.263. The molecule has 1 aliphatic rings. The van der Waals surface area contributed by atoms with Crippen LogP contribution in [0.1, 0.15) is 23.3 Å². The number of halogens is 1. The van der Waals surface area contributed by atoms with E-state index in [1.165, 1.54) is 36.4 Å².